The molecule has 0 aromatic heterocycles. The van der Waals surface area contributed by atoms with Crippen molar-refractivity contribution in [3.8, 4) is 0 Å². The molecule has 2 heterocycles. The molecule has 0 unspecified atom stereocenters. The van der Waals surface area contributed by atoms with Crippen molar-refractivity contribution >= 4 is 17.8 Å². The molecule has 1 N–H and O–H groups in total. The van der Waals surface area contributed by atoms with Gasteiger partial charge in [0, 0.05) is 38.3 Å². The number of thioether (sulfide) groups is 1. The summed E-state index contributed by atoms with van der Waals surface area (Å²) in [6.45, 7) is 4.06. The Labute approximate surface area is 139 Å². The number of nitrogens with zero attached hydrogens (tertiary/aromatic N) is 2. The fourth-order valence-electron chi connectivity index (χ4n) is 4.07. The standard InChI is InChI=1S/C17H31N3OS/c21-17(18-15-5-2-1-3-6-15)20-10-4-9-19(11-12-20)16-7-13-22-14-8-16/h15-16H,1-14H2,(H,18,21). The van der Waals surface area contributed by atoms with Gasteiger partial charge < -0.3 is 10.2 Å². The van der Waals surface area contributed by atoms with Crippen LogP contribution >= 0.6 is 11.8 Å². The number of hydrogen-bond acceptors (Lipinski definition) is 3. The lowest BCUT2D eigenvalue weighted by Gasteiger charge is -2.33. The van der Waals surface area contributed by atoms with E-state index in [0.29, 0.717) is 6.04 Å². The Morgan fingerprint density at radius 1 is 0.864 bits per heavy atom. The number of urea groups is 1. The first-order valence-electron chi connectivity index (χ1n) is 9.20. The molecule has 1 saturated carbocycles. The van der Waals surface area contributed by atoms with Crippen LogP contribution in [-0.4, -0.2) is 65.6 Å². The molecule has 4 nitrogen and oxygen atoms in total. The number of rotatable bonds is 2. The Hall–Kier alpha value is -0.420. The van der Waals surface area contributed by atoms with Gasteiger partial charge in [-0.3, -0.25) is 4.90 Å². The van der Waals surface area contributed by atoms with Crippen LogP contribution in [0.15, 0.2) is 0 Å². The number of nitrogens with one attached hydrogen (secondary N) is 1. The van der Waals surface area contributed by atoms with Crippen LogP contribution in [0.3, 0.4) is 0 Å². The van der Waals surface area contributed by atoms with Crippen LogP contribution < -0.4 is 5.32 Å². The second-order valence-electron chi connectivity index (χ2n) is 7.00. The summed E-state index contributed by atoms with van der Waals surface area (Å²) in [7, 11) is 0. The summed E-state index contributed by atoms with van der Waals surface area (Å²) in [6.07, 6.45) is 10.0. The largest absolute Gasteiger partial charge is 0.335 e. The third-order valence-corrected chi connectivity index (χ3v) is 6.51. The van der Waals surface area contributed by atoms with Crippen LogP contribution in [0.2, 0.25) is 0 Å². The van der Waals surface area contributed by atoms with Crippen molar-refractivity contribution in [3.05, 3.63) is 0 Å². The average Bonchev–Trinajstić information content (AvgIpc) is 2.83. The summed E-state index contributed by atoms with van der Waals surface area (Å²) in [5.74, 6) is 2.63. The monoisotopic (exact) mass is 325 g/mol. The summed E-state index contributed by atoms with van der Waals surface area (Å²) in [6, 6.07) is 1.38. The van der Waals surface area contributed by atoms with Gasteiger partial charge >= 0.3 is 6.03 Å². The Morgan fingerprint density at radius 3 is 2.41 bits per heavy atom. The lowest BCUT2D eigenvalue weighted by atomic mass is 9.96. The Kier molecular flexibility index (Phi) is 6.30. The molecule has 0 spiro atoms. The zero-order chi connectivity index (χ0) is 15.2. The quantitative estimate of drug-likeness (QED) is 0.848. The fourth-order valence-corrected chi connectivity index (χ4v) is 5.15. The molecule has 22 heavy (non-hydrogen) atoms. The molecule has 2 aliphatic heterocycles. The highest BCUT2D eigenvalue weighted by Gasteiger charge is 2.26. The molecule has 2 saturated heterocycles. The molecule has 0 aromatic rings. The van der Waals surface area contributed by atoms with Crippen LogP contribution in [0.25, 0.3) is 0 Å². The van der Waals surface area contributed by atoms with Gasteiger partial charge in [0.15, 0.2) is 0 Å². The van der Waals surface area contributed by atoms with E-state index in [1.165, 1.54) is 63.0 Å². The zero-order valence-corrected chi connectivity index (χ0v) is 14.6. The summed E-state index contributed by atoms with van der Waals surface area (Å²) < 4.78 is 0. The van der Waals surface area contributed by atoms with Crippen LogP contribution in [-0.2, 0) is 0 Å². The molecule has 0 aromatic carbocycles. The molecular formula is C17H31N3OS. The normalized spacial score (nSPS) is 26.6. The van der Waals surface area contributed by atoms with E-state index >= 15 is 0 Å². The average molecular weight is 326 g/mol. The third kappa shape index (κ3) is 4.54. The number of hydrogen-bond donors (Lipinski definition) is 1. The topological polar surface area (TPSA) is 35.6 Å². The van der Waals surface area contributed by atoms with Gasteiger partial charge in [-0.15, -0.1) is 0 Å². The maximum atomic E-state index is 12.5. The lowest BCUT2D eigenvalue weighted by Crippen LogP contribution is -2.47. The van der Waals surface area contributed by atoms with E-state index in [0.717, 1.165) is 32.1 Å². The summed E-state index contributed by atoms with van der Waals surface area (Å²) in [4.78, 5) is 17.2. The second-order valence-corrected chi connectivity index (χ2v) is 8.23. The first-order chi connectivity index (χ1) is 10.8. The molecule has 0 bridgehead atoms. The van der Waals surface area contributed by atoms with Gasteiger partial charge in [0.25, 0.3) is 0 Å². The van der Waals surface area contributed by atoms with Crippen molar-refractivity contribution in [1.82, 2.24) is 15.1 Å². The molecule has 5 heteroatoms. The highest BCUT2D eigenvalue weighted by molar-refractivity contribution is 7.99. The molecule has 1 aliphatic carbocycles. The number of carbonyl (C=O) groups excluding carboxylic acids is 1. The summed E-state index contributed by atoms with van der Waals surface area (Å²) in [5.41, 5.74) is 0. The van der Waals surface area contributed by atoms with Gasteiger partial charge in [0.1, 0.15) is 0 Å². The predicted octanol–water partition coefficient (Wildman–Crippen LogP) is 2.93. The Morgan fingerprint density at radius 2 is 1.64 bits per heavy atom. The fraction of sp³-hybridized carbons (Fsp3) is 0.941. The van der Waals surface area contributed by atoms with Crippen LogP contribution in [0, 0.1) is 0 Å². The van der Waals surface area contributed by atoms with Gasteiger partial charge in [0.2, 0.25) is 0 Å². The van der Waals surface area contributed by atoms with Crippen molar-refractivity contribution in [2.75, 3.05) is 37.7 Å². The van der Waals surface area contributed by atoms with Crippen molar-refractivity contribution in [3.63, 3.8) is 0 Å². The third-order valence-electron chi connectivity index (χ3n) is 5.46. The van der Waals surface area contributed by atoms with E-state index in [4.69, 9.17) is 0 Å². The molecule has 3 fully saturated rings. The van der Waals surface area contributed by atoms with E-state index in [1.54, 1.807) is 0 Å². The molecule has 0 atom stereocenters. The maximum Gasteiger partial charge on any atom is 0.317 e. The van der Waals surface area contributed by atoms with E-state index in [2.05, 4.69) is 26.9 Å². The molecule has 3 rings (SSSR count). The van der Waals surface area contributed by atoms with Crippen LogP contribution in [0.4, 0.5) is 4.79 Å². The SMILES string of the molecule is O=C(NC1CCCCC1)N1CCCN(C2CCSCC2)CC1. The number of amides is 2. The van der Waals surface area contributed by atoms with E-state index < -0.39 is 0 Å². The highest BCUT2D eigenvalue weighted by atomic mass is 32.2. The van der Waals surface area contributed by atoms with Gasteiger partial charge in [-0.05, 0) is 43.6 Å². The summed E-state index contributed by atoms with van der Waals surface area (Å²) in [5, 5.41) is 3.28. The van der Waals surface area contributed by atoms with Gasteiger partial charge in [-0.2, -0.15) is 11.8 Å². The molecule has 3 aliphatic rings. The van der Waals surface area contributed by atoms with E-state index in [-0.39, 0.29) is 6.03 Å². The first kappa shape index (κ1) is 16.4. The minimum Gasteiger partial charge on any atom is -0.335 e. The van der Waals surface area contributed by atoms with Crippen LogP contribution in [0.5, 0.6) is 0 Å². The Bertz CT molecular complexity index is 354. The Balaban J connectivity index is 1.45. The van der Waals surface area contributed by atoms with E-state index in [9.17, 15) is 4.79 Å². The van der Waals surface area contributed by atoms with Crippen molar-refractivity contribution in [2.45, 2.75) is 63.5 Å². The number of carbonyl (C=O) groups is 1. The van der Waals surface area contributed by atoms with E-state index in [1.807, 2.05) is 0 Å². The van der Waals surface area contributed by atoms with Crippen molar-refractivity contribution in [2.24, 2.45) is 0 Å². The van der Waals surface area contributed by atoms with Crippen molar-refractivity contribution in [1.29, 1.82) is 0 Å². The first-order valence-corrected chi connectivity index (χ1v) is 10.4. The van der Waals surface area contributed by atoms with Gasteiger partial charge in [-0.25, -0.2) is 4.79 Å². The zero-order valence-electron chi connectivity index (χ0n) is 13.8. The van der Waals surface area contributed by atoms with Gasteiger partial charge in [0.05, 0.1) is 0 Å². The second kappa shape index (κ2) is 8.44. The molecule has 126 valence electrons. The molecule has 0 radical (unpaired) electrons. The maximum absolute atomic E-state index is 12.5. The highest BCUT2D eigenvalue weighted by Crippen LogP contribution is 2.23. The molecular weight excluding hydrogens is 294 g/mol. The minimum atomic E-state index is 0.188. The smallest absolute Gasteiger partial charge is 0.317 e. The summed E-state index contributed by atoms with van der Waals surface area (Å²) >= 11 is 2.09. The minimum absolute atomic E-state index is 0.188. The molecule has 2 amide bonds. The van der Waals surface area contributed by atoms with Gasteiger partial charge in [-0.1, -0.05) is 19.3 Å². The van der Waals surface area contributed by atoms with Crippen molar-refractivity contribution < 1.29 is 4.79 Å². The predicted molar refractivity (Wildman–Crippen MR) is 93.5 cm³/mol. The lowest BCUT2D eigenvalue weighted by molar-refractivity contribution is 0.178. The van der Waals surface area contributed by atoms with Crippen LogP contribution in [0.1, 0.15) is 51.4 Å².